The fraction of sp³-hybridized carbons (Fsp3) is 0.261. The van der Waals surface area contributed by atoms with Gasteiger partial charge < -0.3 is 14.5 Å². The Morgan fingerprint density at radius 2 is 1.96 bits per heavy atom. The van der Waals surface area contributed by atoms with E-state index in [-0.39, 0.29) is 5.91 Å². The summed E-state index contributed by atoms with van der Waals surface area (Å²) in [6, 6.07) is 11.5. The Kier molecular flexibility index (Phi) is 6.42. The predicted molar refractivity (Wildman–Crippen MR) is 115 cm³/mol. The van der Waals surface area contributed by atoms with Crippen LogP contribution in [0.15, 0.2) is 53.2 Å². The van der Waals surface area contributed by atoms with Crippen LogP contribution in [0.25, 0.3) is 27.7 Å². The van der Waals surface area contributed by atoms with Crippen molar-refractivity contribution in [1.29, 1.82) is 0 Å². The number of furan rings is 1. The highest BCUT2D eigenvalue weighted by Gasteiger charge is 2.15. The fourth-order valence-corrected chi connectivity index (χ4v) is 3.19. The predicted octanol–water partition coefficient (Wildman–Crippen LogP) is 6.08. The third kappa shape index (κ3) is 4.39. The van der Waals surface area contributed by atoms with Crippen LogP contribution >= 0.6 is 11.6 Å². The molecule has 0 fully saturated rings. The Morgan fingerprint density at radius 3 is 2.64 bits per heavy atom. The zero-order valence-electron chi connectivity index (χ0n) is 16.3. The molecule has 1 heterocycles. The SMILES string of the molecule is CCCNC(=O)/C=C(\C)c1cc2c(-c3ccc(Cl)cc3)coc2cc1OCC. The molecule has 1 N–H and O–H groups in total. The minimum absolute atomic E-state index is 0.105. The molecule has 0 saturated heterocycles. The van der Waals surface area contributed by atoms with Gasteiger partial charge in [-0.2, -0.15) is 0 Å². The summed E-state index contributed by atoms with van der Waals surface area (Å²) in [5.41, 5.74) is 4.43. The zero-order valence-corrected chi connectivity index (χ0v) is 17.1. The van der Waals surface area contributed by atoms with Crippen molar-refractivity contribution in [3.63, 3.8) is 0 Å². The number of nitrogens with one attached hydrogen (secondary N) is 1. The van der Waals surface area contributed by atoms with E-state index in [4.69, 9.17) is 20.8 Å². The molecule has 3 aromatic rings. The van der Waals surface area contributed by atoms with Gasteiger partial charge in [0.1, 0.15) is 11.3 Å². The van der Waals surface area contributed by atoms with Crippen LogP contribution < -0.4 is 10.1 Å². The largest absolute Gasteiger partial charge is 0.493 e. The summed E-state index contributed by atoms with van der Waals surface area (Å²) >= 11 is 6.01. The Morgan fingerprint density at radius 1 is 1.21 bits per heavy atom. The normalized spacial score (nSPS) is 11.6. The van der Waals surface area contributed by atoms with E-state index in [1.807, 2.05) is 57.2 Å². The van der Waals surface area contributed by atoms with Crippen LogP contribution in [0, 0.1) is 0 Å². The molecule has 0 aliphatic rings. The topological polar surface area (TPSA) is 51.5 Å². The summed E-state index contributed by atoms with van der Waals surface area (Å²) in [6.07, 6.45) is 4.25. The Labute approximate surface area is 170 Å². The van der Waals surface area contributed by atoms with Gasteiger partial charge in [-0.05, 0) is 49.6 Å². The van der Waals surface area contributed by atoms with Crippen molar-refractivity contribution in [3.05, 3.63) is 59.3 Å². The molecule has 146 valence electrons. The molecule has 0 unspecified atom stereocenters. The molecule has 5 heteroatoms. The minimum atomic E-state index is -0.105. The number of ether oxygens (including phenoxy) is 1. The first-order chi connectivity index (χ1) is 13.5. The van der Waals surface area contributed by atoms with E-state index in [1.54, 1.807) is 12.3 Å². The Bertz CT molecular complexity index is 1000. The van der Waals surface area contributed by atoms with Crippen molar-refractivity contribution in [3.8, 4) is 16.9 Å². The third-order valence-electron chi connectivity index (χ3n) is 4.45. The van der Waals surface area contributed by atoms with Gasteiger partial charge >= 0.3 is 0 Å². The molecule has 4 nitrogen and oxygen atoms in total. The number of amides is 1. The quantitative estimate of drug-likeness (QED) is 0.491. The molecule has 0 bridgehead atoms. The lowest BCUT2D eigenvalue weighted by Crippen LogP contribution is -2.21. The third-order valence-corrected chi connectivity index (χ3v) is 4.70. The average molecular weight is 398 g/mol. The van der Waals surface area contributed by atoms with Crippen molar-refractivity contribution in [2.24, 2.45) is 0 Å². The van der Waals surface area contributed by atoms with E-state index >= 15 is 0 Å². The number of carbonyl (C=O) groups excluding carboxylic acids is 1. The van der Waals surface area contributed by atoms with Gasteiger partial charge in [-0.15, -0.1) is 0 Å². The van der Waals surface area contributed by atoms with E-state index in [1.165, 1.54) is 0 Å². The number of hydrogen-bond acceptors (Lipinski definition) is 3. The first kappa shape index (κ1) is 20.0. The van der Waals surface area contributed by atoms with Crippen LogP contribution in [0.2, 0.25) is 5.02 Å². The molecule has 1 aromatic heterocycles. The maximum atomic E-state index is 12.1. The van der Waals surface area contributed by atoms with E-state index in [2.05, 4.69) is 5.32 Å². The Balaban J connectivity index is 2.08. The number of hydrogen-bond donors (Lipinski definition) is 1. The summed E-state index contributed by atoms with van der Waals surface area (Å²) < 4.78 is 11.6. The monoisotopic (exact) mass is 397 g/mol. The molecular weight excluding hydrogens is 374 g/mol. The summed E-state index contributed by atoms with van der Waals surface area (Å²) in [6.45, 7) is 7.05. The van der Waals surface area contributed by atoms with Gasteiger partial charge in [-0.25, -0.2) is 0 Å². The van der Waals surface area contributed by atoms with Crippen LogP contribution in [0.1, 0.15) is 32.8 Å². The van der Waals surface area contributed by atoms with E-state index < -0.39 is 0 Å². The van der Waals surface area contributed by atoms with Crippen molar-refractivity contribution >= 4 is 34.1 Å². The molecule has 0 aliphatic heterocycles. The van der Waals surface area contributed by atoms with Crippen LogP contribution in [0.4, 0.5) is 0 Å². The van der Waals surface area contributed by atoms with Gasteiger partial charge in [-0.3, -0.25) is 4.79 Å². The number of fused-ring (bicyclic) bond motifs is 1. The summed E-state index contributed by atoms with van der Waals surface area (Å²) in [5, 5.41) is 4.52. The van der Waals surface area contributed by atoms with Gasteiger partial charge in [0, 0.05) is 40.2 Å². The molecule has 1 amide bonds. The first-order valence-corrected chi connectivity index (χ1v) is 9.81. The molecule has 0 aliphatic carbocycles. The molecule has 2 aromatic carbocycles. The second kappa shape index (κ2) is 8.98. The molecule has 3 rings (SSSR count). The van der Waals surface area contributed by atoms with Crippen LogP contribution in [0.5, 0.6) is 5.75 Å². The minimum Gasteiger partial charge on any atom is -0.493 e. The van der Waals surface area contributed by atoms with Crippen LogP contribution in [-0.4, -0.2) is 19.1 Å². The van der Waals surface area contributed by atoms with Gasteiger partial charge in [-0.1, -0.05) is 30.7 Å². The standard InChI is InChI=1S/C23H24ClNO3/c1-4-10-25-23(26)11-15(3)18-12-19-20(16-6-8-17(24)9-7-16)14-28-22(19)13-21(18)27-5-2/h6-9,11-14H,4-5,10H2,1-3H3,(H,25,26)/b15-11+. The molecule has 0 radical (unpaired) electrons. The summed E-state index contributed by atoms with van der Waals surface area (Å²) in [4.78, 5) is 12.1. The average Bonchev–Trinajstić information content (AvgIpc) is 3.09. The van der Waals surface area contributed by atoms with Crippen LogP contribution in [-0.2, 0) is 4.79 Å². The lowest BCUT2D eigenvalue weighted by atomic mass is 9.99. The highest BCUT2D eigenvalue weighted by atomic mass is 35.5. The van der Waals surface area contributed by atoms with Crippen molar-refractivity contribution in [2.45, 2.75) is 27.2 Å². The van der Waals surface area contributed by atoms with Gasteiger partial charge in [0.15, 0.2) is 0 Å². The number of halogens is 1. The highest BCUT2D eigenvalue weighted by molar-refractivity contribution is 6.30. The number of benzene rings is 2. The molecular formula is C23H24ClNO3. The van der Waals surface area contributed by atoms with Crippen molar-refractivity contribution in [1.82, 2.24) is 5.32 Å². The number of allylic oxidation sites excluding steroid dienone is 1. The number of rotatable bonds is 7. The first-order valence-electron chi connectivity index (χ1n) is 9.44. The lowest BCUT2D eigenvalue weighted by Gasteiger charge is -2.12. The molecule has 28 heavy (non-hydrogen) atoms. The number of carbonyl (C=O) groups is 1. The van der Waals surface area contributed by atoms with Crippen molar-refractivity contribution in [2.75, 3.05) is 13.2 Å². The second-order valence-electron chi connectivity index (χ2n) is 6.55. The molecule has 0 atom stereocenters. The van der Waals surface area contributed by atoms with Gasteiger partial charge in [0.25, 0.3) is 0 Å². The van der Waals surface area contributed by atoms with Crippen molar-refractivity contribution < 1.29 is 13.9 Å². The van der Waals surface area contributed by atoms with E-state index in [0.29, 0.717) is 23.9 Å². The van der Waals surface area contributed by atoms with Crippen LogP contribution in [0.3, 0.4) is 0 Å². The maximum absolute atomic E-state index is 12.1. The maximum Gasteiger partial charge on any atom is 0.244 e. The fourth-order valence-electron chi connectivity index (χ4n) is 3.06. The van der Waals surface area contributed by atoms with E-state index in [9.17, 15) is 4.79 Å². The molecule has 0 saturated carbocycles. The molecule has 0 spiro atoms. The lowest BCUT2D eigenvalue weighted by molar-refractivity contribution is -0.116. The second-order valence-corrected chi connectivity index (χ2v) is 6.99. The Hall–Kier alpha value is -2.72. The zero-order chi connectivity index (χ0) is 20.1. The van der Waals surface area contributed by atoms with Gasteiger partial charge in [0.2, 0.25) is 5.91 Å². The smallest absolute Gasteiger partial charge is 0.244 e. The highest BCUT2D eigenvalue weighted by Crippen LogP contribution is 2.37. The summed E-state index contributed by atoms with van der Waals surface area (Å²) in [7, 11) is 0. The van der Waals surface area contributed by atoms with E-state index in [0.717, 1.165) is 39.7 Å². The van der Waals surface area contributed by atoms with Gasteiger partial charge in [0.05, 0.1) is 12.9 Å². The summed E-state index contributed by atoms with van der Waals surface area (Å²) in [5.74, 6) is 0.594.